The molecule has 23 heteroatoms. The van der Waals surface area contributed by atoms with Crippen LogP contribution < -0.4 is 25.6 Å². The van der Waals surface area contributed by atoms with Crippen LogP contribution in [0.5, 0.6) is 5.75 Å². The lowest BCUT2D eigenvalue weighted by molar-refractivity contribution is -0.271. The first kappa shape index (κ1) is 63.3. The molecule has 3 aliphatic heterocycles. The first-order valence-electron chi connectivity index (χ1n) is 31.4. The van der Waals surface area contributed by atoms with E-state index in [4.69, 9.17) is 23.7 Å². The van der Waals surface area contributed by atoms with Crippen molar-refractivity contribution < 1.29 is 92.7 Å². The second kappa shape index (κ2) is 24.2. The van der Waals surface area contributed by atoms with Gasteiger partial charge >= 0.3 is 12.1 Å². The number of rotatable bonds is 18. The Morgan fingerprint density at radius 2 is 1.56 bits per heavy atom. The Kier molecular flexibility index (Phi) is 16.4. The van der Waals surface area contributed by atoms with E-state index in [1.165, 1.54) is 23.1 Å². The van der Waals surface area contributed by atoms with E-state index >= 15 is 0 Å². The van der Waals surface area contributed by atoms with E-state index in [1.807, 2.05) is 55.5 Å². The monoisotopic (exact) mass is 1270 g/mol. The first-order chi connectivity index (χ1) is 44.4. The normalized spacial score (nSPS) is 33.8. The summed E-state index contributed by atoms with van der Waals surface area (Å²) < 4.78 is 30.3. The molecule has 7 aliphatic carbocycles. The average Bonchev–Trinajstić information content (AvgIpc) is 1.67. The number of anilines is 2. The van der Waals surface area contributed by atoms with Crippen LogP contribution >= 0.6 is 0 Å². The van der Waals surface area contributed by atoms with Crippen LogP contribution in [0, 0.1) is 45.8 Å². The third-order valence-electron chi connectivity index (χ3n) is 21.3. The number of allylic oxidation sites excluding steroid dienone is 4. The highest BCUT2D eigenvalue weighted by Gasteiger charge is 2.76. The number of fused-ring (bicyclic) bond motifs is 9. The predicted octanol–water partition coefficient (Wildman–Crippen LogP) is 4.30. The summed E-state index contributed by atoms with van der Waals surface area (Å²) in [5.74, 6) is 0.0993. The zero-order valence-electron chi connectivity index (χ0n) is 51.1. The summed E-state index contributed by atoms with van der Waals surface area (Å²) in [6, 6.07) is 26.2. The maximum atomic E-state index is 14.1. The number of amides is 4. The van der Waals surface area contributed by atoms with Crippen molar-refractivity contribution in [1.29, 1.82) is 0 Å². The van der Waals surface area contributed by atoms with Gasteiger partial charge in [-0.2, -0.15) is 0 Å². The Hall–Kier alpha value is -8.44. The quantitative estimate of drug-likeness (QED) is 0.0381. The summed E-state index contributed by atoms with van der Waals surface area (Å²) in [6.45, 7) is 2.77. The second-order valence-electron chi connectivity index (χ2n) is 27.0. The number of carboxylic acids is 1. The number of hydrogen-bond acceptors (Lipinski definition) is 18. The number of hydrogen-bond donors (Lipinski definition) is 9. The van der Waals surface area contributed by atoms with E-state index in [9.17, 15) is 69.0 Å². The molecule has 6 saturated carbocycles. The molecule has 0 radical (unpaired) electrons. The zero-order chi connectivity index (χ0) is 65.5. The predicted molar refractivity (Wildman–Crippen MR) is 327 cm³/mol. The van der Waals surface area contributed by atoms with E-state index in [-0.39, 0.29) is 66.5 Å². The van der Waals surface area contributed by atoms with Crippen LogP contribution in [0.1, 0.15) is 111 Å². The van der Waals surface area contributed by atoms with Crippen molar-refractivity contribution in [2.75, 3.05) is 23.4 Å². The van der Waals surface area contributed by atoms with E-state index in [0.717, 1.165) is 29.5 Å². The largest absolute Gasteiger partial charge is 0.479 e. The number of alkyl carbamates (subject to hydrolysis) is 1. The molecule has 2 saturated heterocycles. The number of nitrogens with zero attached hydrogens (tertiary/aromatic N) is 1. The third-order valence-corrected chi connectivity index (χ3v) is 21.3. The number of aliphatic hydroxyl groups excluding tert-OH is 5. The smallest absolute Gasteiger partial charge is 0.407 e. The summed E-state index contributed by atoms with van der Waals surface area (Å²) in [5.41, 5.74) is 2.12. The van der Waals surface area contributed by atoms with Gasteiger partial charge in [0.25, 0.3) is 5.91 Å². The number of ketones is 3. The van der Waals surface area contributed by atoms with Gasteiger partial charge in [0.1, 0.15) is 37.3 Å². The molecule has 4 aromatic carbocycles. The molecule has 14 atom stereocenters. The molecule has 2 bridgehead atoms. The number of aliphatic hydroxyl groups is 5. The van der Waals surface area contributed by atoms with Crippen molar-refractivity contribution in [2.45, 2.75) is 152 Å². The molecule has 3 heterocycles. The molecule has 0 spiro atoms. The number of aliphatic carboxylic acids is 1. The van der Waals surface area contributed by atoms with Gasteiger partial charge in [0.05, 0.1) is 36.5 Å². The number of carbonyl (C=O) groups is 8. The first-order valence-corrected chi connectivity index (χ1v) is 31.4. The van der Waals surface area contributed by atoms with Crippen LogP contribution in [0.25, 0.3) is 0 Å². The highest BCUT2D eigenvalue weighted by atomic mass is 16.7. The van der Waals surface area contributed by atoms with Crippen LogP contribution in [-0.4, -0.2) is 145 Å². The van der Waals surface area contributed by atoms with Crippen molar-refractivity contribution >= 4 is 58.5 Å². The van der Waals surface area contributed by atoms with Crippen LogP contribution in [-0.2, 0) is 72.1 Å². The van der Waals surface area contributed by atoms with Gasteiger partial charge in [-0.15, -0.1) is 0 Å². The van der Waals surface area contributed by atoms with Crippen molar-refractivity contribution in [3.8, 4) is 17.6 Å². The highest BCUT2D eigenvalue weighted by molar-refractivity contribution is 6.40. The molecular weight excluding hydrogens is 1200 g/mol. The minimum Gasteiger partial charge on any atom is -0.479 e. The molecule has 4 aromatic rings. The van der Waals surface area contributed by atoms with Gasteiger partial charge in [0, 0.05) is 51.9 Å². The van der Waals surface area contributed by atoms with Crippen LogP contribution in [0.2, 0.25) is 0 Å². The van der Waals surface area contributed by atoms with Gasteiger partial charge in [-0.25, -0.2) is 9.59 Å². The maximum Gasteiger partial charge on any atom is 0.407 e. The molecule has 8 fully saturated rings. The summed E-state index contributed by atoms with van der Waals surface area (Å²) in [7, 11) is 0. The fourth-order valence-electron chi connectivity index (χ4n) is 17.0. The number of para-hydroxylation sites is 1. The van der Waals surface area contributed by atoms with Gasteiger partial charge in [-0.05, 0) is 128 Å². The summed E-state index contributed by atoms with van der Waals surface area (Å²) in [6.07, 6.45) is -3.81. The Balaban J connectivity index is 0.608. The molecule has 4 amide bonds. The number of carbonyl (C=O) groups excluding carboxylic acids is 7. The highest BCUT2D eigenvalue weighted by Crippen LogP contribution is 2.71. The molecular formula is C70H72N4O19. The van der Waals surface area contributed by atoms with E-state index in [0.29, 0.717) is 60.0 Å². The van der Waals surface area contributed by atoms with Crippen molar-refractivity contribution in [2.24, 2.45) is 34.0 Å². The number of benzene rings is 4. The second-order valence-corrected chi connectivity index (χ2v) is 27.0. The van der Waals surface area contributed by atoms with Crippen molar-refractivity contribution in [1.82, 2.24) is 10.6 Å². The lowest BCUT2D eigenvalue weighted by Gasteiger charge is -2.70. The minimum absolute atomic E-state index is 0.0307. The van der Waals surface area contributed by atoms with E-state index in [2.05, 4.69) is 34.7 Å². The molecule has 14 rings (SSSR count). The molecule has 486 valence electrons. The zero-order valence-corrected chi connectivity index (χ0v) is 51.1. The topological polar surface area (TPSA) is 343 Å². The Labute approximate surface area is 534 Å². The Morgan fingerprint density at radius 1 is 0.839 bits per heavy atom. The van der Waals surface area contributed by atoms with Gasteiger partial charge < -0.3 is 75.2 Å². The number of carboxylic acid groups (broad SMARTS) is 1. The van der Waals surface area contributed by atoms with E-state index < -0.39 is 132 Å². The molecule has 23 nitrogen and oxygen atoms in total. The standard InChI is InChI=1S/C70H72N4O19/c1-66-23-21-44(76)26-43(66)18-19-45-46-27-53-70(52(79)32-75,67(46,2)30-50(78)56(45)66)93-63(91-53)41-14-11-37(12-15-41)29-68-34-69(35-68,36-68)73-65(88)89-33-38-13-20-51(90-64-59(84)57(82)58(83)60(92-64)62(86)87)47(25-38)72-54(80)22-24-71-61(85)49(77)28-55(81)74-31-42-9-4-3-7-39(42)16-17-40-8-5-6-10-48(40)74/h3-15,20-21,23,25-26,45-46,50,53,56-60,63-64,75,78,82-84H,18-19,22,24,27-36H2,1-2H3,(H,71,85)(H,72,80)(H,73,88)(H,86,87)/t45-,46-,50-,53+,56+,57-,58-,59+,60-,63-,64+,66-,67-,68?,69?,70+/m0/s1. The molecule has 93 heavy (non-hydrogen) atoms. The third kappa shape index (κ3) is 11.2. The van der Waals surface area contributed by atoms with Crippen molar-refractivity contribution in [3.05, 3.63) is 148 Å². The Bertz CT molecular complexity index is 3870. The number of nitrogens with one attached hydrogen (secondary N) is 3. The van der Waals surface area contributed by atoms with Crippen LogP contribution in [0.3, 0.4) is 0 Å². The number of Topliss-reactive ketones (excluding diaryl/α,β-unsaturated/α-hetero) is 2. The van der Waals surface area contributed by atoms with Crippen LogP contribution in [0.15, 0.2) is 115 Å². The number of ether oxygens (including phenoxy) is 5. The fourth-order valence-corrected chi connectivity index (χ4v) is 17.0. The average molecular weight is 1270 g/mol. The van der Waals surface area contributed by atoms with Gasteiger partial charge in [0.2, 0.25) is 23.9 Å². The minimum atomic E-state index is -2.02. The van der Waals surface area contributed by atoms with Crippen LogP contribution in [0.4, 0.5) is 16.2 Å². The van der Waals surface area contributed by atoms with Crippen molar-refractivity contribution in [3.63, 3.8) is 0 Å². The molecule has 0 unspecified atom stereocenters. The van der Waals surface area contributed by atoms with Gasteiger partial charge in [0.15, 0.2) is 29.6 Å². The molecule has 9 N–H and O–H groups in total. The lowest BCUT2D eigenvalue weighted by Crippen LogP contribution is -2.75. The maximum absolute atomic E-state index is 14.1. The molecule has 10 aliphatic rings. The van der Waals surface area contributed by atoms with Gasteiger partial charge in [-0.1, -0.05) is 98.0 Å². The summed E-state index contributed by atoms with van der Waals surface area (Å²) in [4.78, 5) is 107. The lowest BCUT2D eigenvalue weighted by atomic mass is 9.38. The molecule has 0 aromatic heterocycles. The Morgan fingerprint density at radius 3 is 2.31 bits per heavy atom. The SMILES string of the molecule is C[C@]12C=CC(=O)C=C1CC[C@@H]1[C@@H]2[C@@H](O)C[C@@]2(C)[C@H]1C[C@H]1O[C@H](c3ccc(CC45CC(NC(=O)OCc6ccc(O[C@@H]7O[C@H](C(=O)O)[C@@H](O)[C@H](O)[C@H]7O)c(NC(=O)CCNC(=O)C(=O)CC(=O)N7Cc8ccccc8C#Cc8ccccc87)c6)(C4)C5)cc3)O[C@]12C(=O)CO. The van der Waals surface area contributed by atoms with E-state index in [1.54, 1.807) is 42.5 Å². The van der Waals surface area contributed by atoms with Gasteiger partial charge in [-0.3, -0.25) is 28.8 Å². The summed E-state index contributed by atoms with van der Waals surface area (Å²) >= 11 is 0. The summed E-state index contributed by atoms with van der Waals surface area (Å²) in [5, 5.41) is 71.7. The fraction of sp³-hybridized carbons (Fsp3) is 0.457.